The molecule has 0 amide bonds. The monoisotopic (exact) mass is 376 g/mol. The minimum absolute atomic E-state index is 0.530. The maximum atomic E-state index is 2.62. The lowest BCUT2D eigenvalue weighted by Crippen LogP contribution is -2.34. The lowest BCUT2D eigenvalue weighted by Gasteiger charge is -2.32. The molecule has 0 saturated carbocycles. The average Bonchev–Trinajstić information content (AvgIpc) is 3.01. The van der Waals surface area contributed by atoms with Gasteiger partial charge in [-0.2, -0.15) is 0 Å². The van der Waals surface area contributed by atoms with Crippen LogP contribution in [0.3, 0.4) is 0 Å². The molecule has 0 bridgehead atoms. The van der Waals surface area contributed by atoms with Crippen LogP contribution in [0.2, 0.25) is 0 Å². The molecule has 2 aromatic rings. The van der Waals surface area contributed by atoms with Gasteiger partial charge in [0.2, 0.25) is 0 Å². The third-order valence-electron chi connectivity index (χ3n) is 6.80. The van der Waals surface area contributed by atoms with E-state index in [4.69, 9.17) is 0 Å². The number of benzene rings is 2. The van der Waals surface area contributed by atoms with Crippen molar-refractivity contribution in [1.29, 1.82) is 0 Å². The summed E-state index contributed by atoms with van der Waals surface area (Å²) < 4.78 is 0. The molecule has 2 nitrogen and oxygen atoms in total. The Bertz CT molecular complexity index is 808. The number of fused-ring (bicyclic) bond motifs is 2. The Morgan fingerprint density at radius 1 is 0.857 bits per heavy atom. The summed E-state index contributed by atoms with van der Waals surface area (Å²) in [4.78, 5) is 5.24. The smallest absolute Gasteiger partial charge is 0.0401 e. The molecule has 4 rings (SSSR count). The Kier molecular flexibility index (Phi) is 5.78. The second-order valence-electron chi connectivity index (χ2n) is 9.31. The van der Waals surface area contributed by atoms with Gasteiger partial charge in [-0.15, -0.1) is 0 Å². The summed E-state index contributed by atoms with van der Waals surface area (Å²) in [6.45, 7) is 12.8. The van der Waals surface area contributed by atoms with Crippen LogP contribution in [0.15, 0.2) is 42.5 Å². The standard InChI is InChI=1S/C26H36N2/c1-19(2)27-15-7-9-22-16-23(12-14-24(22)17-27)25-13-11-21-8-5-6-10-26(21)28(18-25)20(3)4/h5-6,8,10,12,14,16,19-20,25H,7,9,11,13,15,17-18H2,1-4H3. The fraction of sp³-hybridized carbons (Fsp3) is 0.538. The van der Waals surface area contributed by atoms with Gasteiger partial charge >= 0.3 is 0 Å². The molecule has 2 aromatic carbocycles. The summed E-state index contributed by atoms with van der Waals surface area (Å²) >= 11 is 0. The van der Waals surface area contributed by atoms with Crippen molar-refractivity contribution in [1.82, 2.24) is 4.90 Å². The Morgan fingerprint density at radius 3 is 2.46 bits per heavy atom. The molecule has 2 heterocycles. The second-order valence-corrected chi connectivity index (χ2v) is 9.31. The molecule has 0 fully saturated rings. The van der Waals surface area contributed by atoms with E-state index in [1.165, 1.54) is 43.5 Å². The van der Waals surface area contributed by atoms with Crippen molar-refractivity contribution in [3.05, 3.63) is 64.7 Å². The molecular weight excluding hydrogens is 340 g/mol. The van der Waals surface area contributed by atoms with E-state index in [-0.39, 0.29) is 0 Å². The minimum atomic E-state index is 0.530. The van der Waals surface area contributed by atoms with Crippen LogP contribution in [0.5, 0.6) is 0 Å². The molecule has 28 heavy (non-hydrogen) atoms. The predicted octanol–water partition coefficient (Wildman–Crippen LogP) is 5.79. The Labute approximate surface area is 171 Å². The van der Waals surface area contributed by atoms with Crippen molar-refractivity contribution in [3.8, 4) is 0 Å². The highest BCUT2D eigenvalue weighted by Crippen LogP contribution is 2.35. The van der Waals surface area contributed by atoms with Crippen LogP contribution in [-0.4, -0.2) is 30.1 Å². The summed E-state index contributed by atoms with van der Waals surface area (Å²) in [5.41, 5.74) is 7.66. The molecule has 1 unspecified atom stereocenters. The number of nitrogens with zero attached hydrogens (tertiary/aromatic N) is 2. The van der Waals surface area contributed by atoms with E-state index in [0.29, 0.717) is 18.0 Å². The van der Waals surface area contributed by atoms with Crippen molar-refractivity contribution in [2.24, 2.45) is 0 Å². The van der Waals surface area contributed by atoms with Gasteiger partial charge in [0.25, 0.3) is 0 Å². The Balaban J connectivity index is 1.61. The average molecular weight is 377 g/mol. The van der Waals surface area contributed by atoms with Crippen LogP contribution in [0, 0.1) is 0 Å². The van der Waals surface area contributed by atoms with E-state index in [1.807, 2.05) is 0 Å². The first-order valence-corrected chi connectivity index (χ1v) is 11.2. The van der Waals surface area contributed by atoms with Crippen LogP contribution >= 0.6 is 0 Å². The van der Waals surface area contributed by atoms with Gasteiger partial charge in [0.1, 0.15) is 0 Å². The number of hydrogen-bond acceptors (Lipinski definition) is 2. The van der Waals surface area contributed by atoms with Gasteiger partial charge in [0.05, 0.1) is 0 Å². The van der Waals surface area contributed by atoms with Crippen molar-refractivity contribution < 1.29 is 0 Å². The number of rotatable bonds is 3. The summed E-state index contributed by atoms with van der Waals surface area (Å²) in [6.07, 6.45) is 4.94. The molecule has 150 valence electrons. The molecule has 2 heteroatoms. The number of anilines is 1. The number of aryl methyl sites for hydroxylation is 2. The highest BCUT2D eigenvalue weighted by molar-refractivity contribution is 5.56. The quantitative estimate of drug-likeness (QED) is 0.669. The molecule has 0 aromatic heterocycles. The van der Waals surface area contributed by atoms with Crippen LogP contribution in [0.4, 0.5) is 5.69 Å². The van der Waals surface area contributed by atoms with Gasteiger partial charge in [-0.05, 0) is 88.2 Å². The fourth-order valence-electron chi connectivity index (χ4n) is 5.02. The highest BCUT2D eigenvalue weighted by Gasteiger charge is 2.25. The predicted molar refractivity (Wildman–Crippen MR) is 120 cm³/mol. The molecule has 0 aliphatic carbocycles. The summed E-state index contributed by atoms with van der Waals surface area (Å²) in [6, 6.07) is 17.6. The largest absolute Gasteiger partial charge is 0.368 e. The van der Waals surface area contributed by atoms with Gasteiger partial charge in [-0.3, -0.25) is 4.90 Å². The van der Waals surface area contributed by atoms with E-state index >= 15 is 0 Å². The van der Waals surface area contributed by atoms with Crippen LogP contribution in [0.25, 0.3) is 0 Å². The first-order valence-electron chi connectivity index (χ1n) is 11.2. The van der Waals surface area contributed by atoms with E-state index in [2.05, 4.69) is 80.0 Å². The zero-order valence-electron chi connectivity index (χ0n) is 18.1. The SMILES string of the molecule is CC(C)N1CCCc2cc(C3CCc4ccccc4N(C(C)C)C3)ccc2C1. The van der Waals surface area contributed by atoms with Crippen molar-refractivity contribution >= 4 is 5.69 Å². The van der Waals surface area contributed by atoms with Gasteiger partial charge in [-0.25, -0.2) is 0 Å². The number of hydrogen-bond donors (Lipinski definition) is 0. The third-order valence-corrected chi connectivity index (χ3v) is 6.80. The Morgan fingerprint density at radius 2 is 1.68 bits per heavy atom. The van der Waals surface area contributed by atoms with E-state index in [0.717, 1.165) is 13.1 Å². The molecule has 0 N–H and O–H groups in total. The maximum absolute atomic E-state index is 2.62. The number of para-hydroxylation sites is 1. The summed E-state index contributed by atoms with van der Waals surface area (Å²) in [5.74, 6) is 0.615. The van der Waals surface area contributed by atoms with Crippen LogP contribution in [0.1, 0.15) is 68.7 Å². The highest BCUT2D eigenvalue weighted by atomic mass is 15.2. The molecule has 2 aliphatic heterocycles. The molecule has 1 atom stereocenters. The van der Waals surface area contributed by atoms with Crippen LogP contribution in [-0.2, 0) is 19.4 Å². The van der Waals surface area contributed by atoms with E-state index in [1.54, 1.807) is 16.7 Å². The van der Waals surface area contributed by atoms with Gasteiger partial charge < -0.3 is 4.90 Å². The molecule has 0 saturated heterocycles. The first kappa shape index (κ1) is 19.5. The van der Waals surface area contributed by atoms with Gasteiger partial charge in [0.15, 0.2) is 0 Å². The zero-order valence-corrected chi connectivity index (χ0v) is 18.1. The minimum Gasteiger partial charge on any atom is -0.368 e. The fourth-order valence-corrected chi connectivity index (χ4v) is 5.02. The van der Waals surface area contributed by atoms with Gasteiger partial charge in [-0.1, -0.05) is 36.4 Å². The zero-order chi connectivity index (χ0) is 19.7. The summed E-state index contributed by atoms with van der Waals surface area (Å²) in [5, 5.41) is 0. The lowest BCUT2D eigenvalue weighted by atomic mass is 9.90. The molecule has 2 aliphatic rings. The van der Waals surface area contributed by atoms with Crippen molar-refractivity contribution in [3.63, 3.8) is 0 Å². The first-order chi connectivity index (χ1) is 13.5. The lowest BCUT2D eigenvalue weighted by molar-refractivity contribution is 0.216. The van der Waals surface area contributed by atoms with Gasteiger partial charge in [0, 0.05) is 36.8 Å². The van der Waals surface area contributed by atoms with Crippen LogP contribution < -0.4 is 4.90 Å². The topological polar surface area (TPSA) is 6.48 Å². The molecular formula is C26H36N2. The van der Waals surface area contributed by atoms with E-state index in [9.17, 15) is 0 Å². The van der Waals surface area contributed by atoms with Crippen molar-refractivity contribution in [2.75, 3.05) is 18.0 Å². The normalized spacial score (nSPS) is 20.6. The second kappa shape index (κ2) is 8.29. The van der Waals surface area contributed by atoms with E-state index < -0.39 is 0 Å². The third kappa shape index (κ3) is 3.98. The van der Waals surface area contributed by atoms with Crippen molar-refractivity contribution in [2.45, 2.75) is 77.9 Å². The molecule has 0 spiro atoms. The summed E-state index contributed by atoms with van der Waals surface area (Å²) in [7, 11) is 0. The Hall–Kier alpha value is -1.80. The molecule has 0 radical (unpaired) electrons. The maximum Gasteiger partial charge on any atom is 0.0401 e.